The number of carbonyl (C=O) groups excluding carboxylic acids is 3. The Morgan fingerprint density at radius 1 is 1.22 bits per heavy atom. The first kappa shape index (κ1) is 18.9. The molecule has 0 aliphatic heterocycles. The number of hydrogen-bond acceptors (Lipinski definition) is 7. The van der Waals surface area contributed by atoms with Crippen molar-refractivity contribution in [3.8, 4) is 0 Å². The number of rotatable bonds is 8. The molecule has 0 unspecified atom stereocenters. The monoisotopic (exact) mass is 340 g/mol. The minimum absolute atomic E-state index is 0.118. The van der Waals surface area contributed by atoms with Gasteiger partial charge in [-0.2, -0.15) is 0 Å². The summed E-state index contributed by atoms with van der Waals surface area (Å²) in [6.45, 7) is 3.01. The van der Waals surface area contributed by atoms with Gasteiger partial charge >= 0.3 is 5.97 Å². The summed E-state index contributed by atoms with van der Waals surface area (Å²) in [4.78, 5) is 42.1. The molecule has 0 fully saturated rings. The van der Waals surface area contributed by atoms with E-state index in [9.17, 15) is 14.4 Å². The van der Waals surface area contributed by atoms with Gasteiger partial charge in [-0.05, 0) is 32.1 Å². The highest BCUT2D eigenvalue weighted by atomic mass is 32.2. The van der Waals surface area contributed by atoms with Crippen LogP contribution in [-0.2, 0) is 25.5 Å². The average Bonchev–Trinajstić information content (AvgIpc) is 2.49. The molecule has 1 heterocycles. The smallest absolute Gasteiger partial charge is 0.306 e. The largest absolute Gasteiger partial charge is 0.456 e. The number of carbonyl (C=O) groups is 3. The van der Waals surface area contributed by atoms with Crippen molar-refractivity contribution in [3.63, 3.8) is 0 Å². The van der Waals surface area contributed by atoms with Crippen LogP contribution in [0.15, 0.2) is 5.16 Å². The first-order chi connectivity index (χ1) is 10.8. The fraction of sp³-hybridized carbons (Fsp3) is 0.500. The van der Waals surface area contributed by atoms with E-state index in [1.165, 1.54) is 11.8 Å². The number of nitrogens with zero attached hydrogens (tertiary/aromatic N) is 2. The van der Waals surface area contributed by atoms with E-state index in [0.717, 1.165) is 17.0 Å². The number of thioether (sulfide) groups is 1. The van der Waals surface area contributed by atoms with Gasteiger partial charge in [-0.25, -0.2) is 9.97 Å². The molecule has 9 heteroatoms. The lowest BCUT2D eigenvalue weighted by Gasteiger charge is -2.10. The van der Waals surface area contributed by atoms with Crippen molar-refractivity contribution >= 4 is 29.5 Å². The quantitative estimate of drug-likeness (QED) is 0.384. The first-order valence-electron chi connectivity index (χ1n) is 6.92. The predicted octanol–water partition coefficient (Wildman–Crippen LogP) is -0.107. The van der Waals surface area contributed by atoms with Crippen molar-refractivity contribution in [2.24, 2.45) is 5.73 Å². The van der Waals surface area contributed by atoms with Crippen LogP contribution in [-0.4, -0.2) is 47.2 Å². The molecule has 0 aromatic carbocycles. The van der Waals surface area contributed by atoms with Gasteiger partial charge in [-0.1, -0.05) is 11.8 Å². The fourth-order valence-corrected chi connectivity index (χ4v) is 2.30. The number of primary amides is 1. The Labute approximate surface area is 138 Å². The van der Waals surface area contributed by atoms with Gasteiger partial charge in [0.05, 0.1) is 6.54 Å². The molecule has 0 atom stereocenters. The summed E-state index contributed by atoms with van der Waals surface area (Å²) in [5.74, 6) is -1.74. The number of hydrogen-bond donors (Lipinski definition) is 2. The Balaban J connectivity index is 2.45. The van der Waals surface area contributed by atoms with Gasteiger partial charge in [0.25, 0.3) is 5.91 Å². The summed E-state index contributed by atoms with van der Waals surface area (Å²) < 4.78 is 4.83. The topological polar surface area (TPSA) is 124 Å². The standard InChI is InChI=1S/C14H20N4O4S/c1-8-10(9(2)18-14(17-8)23-3)4-5-13(21)22-7-12(20)16-6-11(15)19/h4-7H2,1-3H3,(H2,15,19)(H,16,20). The molecular formula is C14H20N4O4S. The molecule has 8 nitrogen and oxygen atoms in total. The van der Waals surface area contributed by atoms with Crippen LogP contribution in [0.3, 0.4) is 0 Å². The Kier molecular flexibility index (Phi) is 7.46. The number of ether oxygens (including phenoxy) is 1. The van der Waals surface area contributed by atoms with Crippen molar-refractivity contribution < 1.29 is 19.1 Å². The number of aryl methyl sites for hydroxylation is 2. The van der Waals surface area contributed by atoms with Crippen molar-refractivity contribution in [2.45, 2.75) is 31.8 Å². The molecule has 3 N–H and O–H groups in total. The second kappa shape index (κ2) is 9.09. The number of aromatic nitrogens is 2. The van der Waals surface area contributed by atoms with Crippen LogP contribution in [0.4, 0.5) is 0 Å². The maximum absolute atomic E-state index is 11.7. The molecule has 126 valence electrons. The van der Waals surface area contributed by atoms with Crippen LogP contribution in [0.2, 0.25) is 0 Å². The lowest BCUT2D eigenvalue weighted by atomic mass is 10.1. The second-order valence-electron chi connectivity index (χ2n) is 4.76. The zero-order chi connectivity index (χ0) is 17.4. The molecular weight excluding hydrogens is 320 g/mol. The summed E-state index contributed by atoms with van der Waals surface area (Å²) in [6.07, 6.45) is 2.45. The minimum atomic E-state index is -0.663. The third-order valence-corrected chi connectivity index (χ3v) is 3.53. The lowest BCUT2D eigenvalue weighted by molar-refractivity contribution is -0.148. The molecule has 0 bridgehead atoms. The molecule has 0 saturated heterocycles. The van der Waals surface area contributed by atoms with Crippen molar-refractivity contribution in [1.82, 2.24) is 15.3 Å². The van der Waals surface area contributed by atoms with E-state index in [-0.39, 0.29) is 13.0 Å². The Hall–Kier alpha value is -2.16. The molecule has 0 aliphatic rings. The van der Waals surface area contributed by atoms with Crippen molar-refractivity contribution in [1.29, 1.82) is 0 Å². The summed E-state index contributed by atoms with van der Waals surface area (Å²) >= 11 is 1.46. The first-order valence-corrected chi connectivity index (χ1v) is 8.14. The van der Waals surface area contributed by atoms with Crippen LogP contribution in [0, 0.1) is 13.8 Å². The predicted molar refractivity (Wildman–Crippen MR) is 84.8 cm³/mol. The van der Waals surface area contributed by atoms with E-state index in [4.69, 9.17) is 10.5 Å². The Bertz CT molecular complexity index is 583. The molecule has 1 aromatic rings. The van der Waals surface area contributed by atoms with E-state index < -0.39 is 24.4 Å². The zero-order valence-electron chi connectivity index (χ0n) is 13.3. The molecule has 1 aromatic heterocycles. The van der Waals surface area contributed by atoms with E-state index in [1.807, 2.05) is 20.1 Å². The molecule has 23 heavy (non-hydrogen) atoms. The third-order valence-electron chi connectivity index (χ3n) is 2.99. The maximum Gasteiger partial charge on any atom is 0.306 e. The number of amides is 2. The molecule has 0 spiro atoms. The summed E-state index contributed by atoms with van der Waals surface area (Å²) in [5.41, 5.74) is 7.44. The van der Waals surface area contributed by atoms with E-state index >= 15 is 0 Å². The molecule has 2 amide bonds. The van der Waals surface area contributed by atoms with Gasteiger partial charge in [0.15, 0.2) is 11.8 Å². The number of nitrogens with one attached hydrogen (secondary N) is 1. The normalized spacial score (nSPS) is 10.2. The van der Waals surface area contributed by atoms with Crippen LogP contribution in [0.1, 0.15) is 23.4 Å². The highest BCUT2D eigenvalue weighted by Crippen LogP contribution is 2.17. The van der Waals surface area contributed by atoms with Crippen LogP contribution >= 0.6 is 11.8 Å². The fourth-order valence-electron chi connectivity index (χ4n) is 1.84. The van der Waals surface area contributed by atoms with Crippen LogP contribution in [0.5, 0.6) is 0 Å². The zero-order valence-corrected chi connectivity index (χ0v) is 14.2. The maximum atomic E-state index is 11.7. The summed E-state index contributed by atoms with van der Waals surface area (Å²) in [5, 5.41) is 2.92. The van der Waals surface area contributed by atoms with E-state index in [2.05, 4.69) is 15.3 Å². The van der Waals surface area contributed by atoms with Gasteiger partial charge in [0.1, 0.15) is 0 Å². The van der Waals surface area contributed by atoms with E-state index in [0.29, 0.717) is 11.6 Å². The Morgan fingerprint density at radius 2 is 1.83 bits per heavy atom. The number of nitrogens with two attached hydrogens (primary N) is 1. The molecule has 0 saturated carbocycles. The van der Waals surface area contributed by atoms with Gasteiger partial charge < -0.3 is 15.8 Å². The van der Waals surface area contributed by atoms with Crippen molar-refractivity contribution in [3.05, 3.63) is 17.0 Å². The second-order valence-corrected chi connectivity index (χ2v) is 5.54. The van der Waals surface area contributed by atoms with Gasteiger partial charge in [0, 0.05) is 17.8 Å². The molecule has 1 rings (SSSR count). The molecule has 0 aliphatic carbocycles. The third kappa shape index (κ3) is 6.64. The Morgan fingerprint density at radius 3 is 2.35 bits per heavy atom. The average molecular weight is 340 g/mol. The lowest BCUT2D eigenvalue weighted by Crippen LogP contribution is -2.36. The minimum Gasteiger partial charge on any atom is -0.456 e. The van der Waals surface area contributed by atoms with Gasteiger partial charge in [-0.3, -0.25) is 14.4 Å². The van der Waals surface area contributed by atoms with Gasteiger partial charge in [0.2, 0.25) is 5.91 Å². The SMILES string of the molecule is CSc1nc(C)c(CCC(=O)OCC(=O)NCC(N)=O)c(C)n1. The number of esters is 1. The van der Waals surface area contributed by atoms with Gasteiger partial charge in [-0.15, -0.1) is 0 Å². The van der Waals surface area contributed by atoms with Crippen LogP contribution < -0.4 is 11.1 Å². The van der Waals surface area contributed by atoms with Crippen LogP contribution in [0.25, 0.3) is 0 Å². The van der Waals surface area contributed by atoms with E-state index in [1.54, 1.807) is 0 Å². The summed E-state index contributed by atoms with van der Waals surface area (Å²) in [6, 6.07) is 0. The highest BCUT2D eigenvalue weighted by Gasteiger charge is 2.12. The summed E-state index contributed by atoms with van der Waals surface area (Å²) in [7, 11) is 0. The highest BCUT2D eigenvalue weighted by molar-refractivity contribution is 7.98. The molecule has 0 radical (unpaired) electrons. The van der Waals surface area contributed by atoms with Crippen molar-refractivity contribution in [2.75, 3.05) is 19.4 Å².